The summed E-state index contributed by atoms with van der Waals surface area (Å²) in [7, 11) is 0. The molecule has 0 aliphatic heterocycles. The molecule has 4 nitrogen and oxygen atoms in total. The molecule has 144 valence electrons. The fraction of sp³-hybridized carbons (Fsp3) is 1.00. The third-order valence-corrected chi connectivity index (χ3v) is 6.44. The van der Waals surface area contributed by atoms with Gasteiger partial charge in [-0.05, 0) is 42.4 Å². The third kappa shape index (κ3) is 5.17. The second-order valence-electron chi connectivity index (χ2n) is 9.17. The van der Waals surface area contributed by atoms with Crippen molar-refractivity contribution in [1.29, 1.82) is 0 Å². The van der Waals surface area contributed by atoms with E-state index in [2.05, 4.69) is 48.5 Å². The molecule has 24 heavy (non-hydrogen) atoms. The largest absolute Gasteiger partial charge is 0.393 e. The van der Waals surface area contributed by atoms with Gasteiger partial charge in [0.1, 0.15) is 0 Å². The number of aliphatic hydroxyl groups is 2. The van der Waals surface area contributed by atoms with Crippen molar-refractivity contribution in [3.63, 3.8) is 0 Å². The molecule has 5 atom stereocenters. The summed E-state index contributed by atoms with van der Waals surface area (Å²) in [4.78, 5) is 10.9. The molecule has 0 saturated heterocycles. The van der Waals surface area contributed by atoms with Gasteiger partial charge in [-0.25, -0.2) is 9.78 Å². The minimum absolute atomic E-state index is 0.0175. The number of hydrogen-bond acceptors (Lipinski definition) is 4. The second-order valence-corrected chi connectivity index (χ2v) is 9.17. The van der Waals surface area contributed by atoms with Crippen molar-refractivity contribution >= 4 is 0 Å². The molecule has 1 rings (SSSR count). The van der Waals surface area contributed by atoms with Crippen molar-refractivity contribution in [3.05, 3.63) is 0 Å². The zero-order chi connectivity index (χ0) is 18.5. The molecule has 4 unspecified atom stereocenters. The first kappa shape index (κ1) is 21.9. The highest BCUT2D eigenvalue weighted by atomic mass is 17.2. The van der Waals surface area contributed by atoms with Crippen molar-refractivity contribution in [2.24, 2.45) is 28.6 Å². The standard InChI is InChI=1S/C20H40O4/c1-8-16-11-18(22)20(7,19(16,5)6)13-24-23-12-15(4)10-17(21)9-14(2)3/h14-18,21-22H,8-13H2,1-7H3/t15?,16?,17?,18?,20-/m0/s1. The van der Waals surface area contributed by atoms with E-state index < -0.39 is 0 Å². The highest BCUT2D eigenvalue weighted by molar-refractivity contribution is 5.04. The van der Waals surface area contributed by atoms with E-state index >= 15 is 0 Å². The summed E-state index contributed by atoms with van der Waals surface area (Å²) in [6.07, 6.45) is 2.83. The zero-order valence-corrected chi connectivity index (χ0v) is 16.8. The van der Waals surface area contributed by atoms with E-state index in [1.165, 1.54) is 0 Å². The maximum atomic E-state index is 10.5. The van der Waals surface area contributed by atoms with E-state index in [9.17, 15) is 10.2 Å². The number of hydrogen-bond donors (Lipinski definition) is 2. The molecule has 0 bridgehead atoms. The van der Waals surface area contributed by atoms with Gasteiger partial charge in [-0.15, -0.1) is 0 Å². The van der Waals surface area contributed by atoms with Crippen LogP contribution in [-0.2, 0) is 9.78 Å². The Morgan fingerprint density at radius 1 is 1.08 bits per heavy atom. The van der Waals surface area contributed by atoms with Crippen LogP contribution in [0.3, 0.4) is 0 Å². The maximum absolute atomic E-state index is 10.5. The summed E-state index contributed by atoms with van der Waals surface area (Å²) in [6.45, 7) is 15.9. The first-order valence-electron chi connectivity index (χ1n) is 9.65. The lowest BCUT2D eigenvalue weighted by Gasteiger charge is -2.42. The second kappa shape index (κ2) is 8.98. The summed E-state index contributed by atoms with van der Waals surface area (Å²) in [5.41, 5.74) is -0.280. The lowest BCUT2D eigenvalue weighted by Crippen LogP contribution is -2.43. The molecule has 2 N–H and O–H groups in total. The van der Waals surface area contributed by atoms with Crippen LogP contribution < -0.4 is 0 Å². The van der Waals surface area contributed by atoms with E-state index in [1.54, 1.807) is 0 Å². The van der Waals surface area contributed by atoms with Crippen LogP contribution in [0.15, 0.2) is 0 Å². The predicted molar refractivity (Wildman–Crippen MR) is 97.4 cm³/mol. The number of rotatable bonds is 10. The van der Waals surface area contributed by atoms with Gasteiger partial charge in [0.05, 0.1) is 25.4 Å². The Hall–Kier alpha value is -0.160. The zero-order valence-electron chi connectivity index (χ0n) is 16.8. The minimum Gasteiger partial charge on any atom is -0.393 e. The van der Waals surface area contributed by atoms with Crippen LogP contribution in [0, 0.1) is 28.6 Å². The topological polar surface area (TPSA) is 58.9 Å². The highest BCUT2D eigenvalue weighted by Crippen LogP contribution is 2.57. The van der Waals surface area contributed by atoms with Crippen molar-refractivity contribution in [1.82, 2.24) is 0 Å². The van der Waals surface area contributed by atoms with Gasteiger partial charge in [-0.2, -0.15) is 0 Å². The summed E-state index contributed by atoms with van der Waals surface area (Å²) < 4.78 is 0. The Kier molecular flexibility index (Phi) is 8.18. The van der Waals surface area contributed by atoms with Gasteiger partial charge in [0, 0.05) is 5.41 Å². The SMILES string of the molecule is CCC1CC(O)[C@](C)(COOCC(C)CC(O)CC(C)C)C1(C)C. The van der Waals surface area contributed by atoms with Gasteiger partial charge < -0.3 is 10.2 Å². The predicted octanol–water partition coefficient (Wildman–Crippen LogP) is 4.19. The average Bonchev–Trinajstić information content (AvgIpc) is 2.63. The van der Waals surface area contributed by atoms with Crippen molar-refractivity contribution < 1.29 is 20.0 Å². The molecule has 0 amide bonds. The molecule has 0 spiro atoms. The fourth-order valence-corrected chi connectivity index (χ4v) is 4.18. The monoisotopic (exact) mass is 344 g/mol. The molecule has 0 heterocycles. The Labute approximate surface area is 148 Å². The van der Waals surface area contributed by atoms with Gasteiger partial charge in [0.2, 0.25) is 0 Å². The average molecular weight is 345 g/mol. The molecule has 4 heteroatoms. The molecule has 0 aromatic heterocycles. The van der Waals surface area contributed by atoms with Crippen molar-refractivity contribution in [2.75, 3.05) is 13.2 Å². The molecule has 0 aromatic carbocycles. The quantitative estimate of drug-likeness (QED) is 0.354. The normalized spacial score (nSPS) is 32.2. The van der Waals surface area contributed by atoms with Crippen LogP contribution in [0.25, 0.3) is 0 Å². The Bertz CT molecular complexity index is 369. The third-order valence-electron chi connectivity index (χ3n) is 6.44. The van der Waals surface area contributed by atoms with Crippen LogP contribution >= 0.6 is 0 Å². The smallest absolute Gasteiger partial charge is 0.0905 e. The summed E-state index contributed by atoms with van der Waals surface area (Å²) in [5, 5.41) is 20.5. The lowest BCUT2D eigenvalue weighted by molar-refractivity contribution is -0.325. The summed E-state index contributed by atoms with van der Waals surface area (Å²) in [6, 6.07) is 0. The van der Waals surface area contributed by atoms with Crippen molar-refractivity contribution in [2.45, 2.75) is 86.4 Å². The highest BCUT2D eigenvalue weighted by Gasteiger charge is 2.56. The van der Waals surface area contributed by atoms with Gasteiger partial charge in [-0.1, -0.05) is 54.9 Å². The van der Waals surface area contributed by atoms with Gasteiger partial charge in [-0.3, -0.25) is 0 Å². The van der Waals surface area contributed by atoms with E-state index in [-0.39, 0.29) is 29.0 Å². The lowest BCUT2D eigenvalue weighted by atomic mass is 9.65. The van der Waals surface area contributed by atoms with Crippen molar-refractivity contribution in [3.8, 4) is 0 Å². The molecular formula is C20H40O4. The molecule has 0 radical (unpaired) electrons. The van der Waals surface area contributed by atoms with Gasteiger partial charge >= 0.3 is 0 Å². The first-order valence-corrected chi connectivity index (χ1v) is 9.65. The van der Waals surface area contributed by atoms with Crippen LogP contribution in [0.5, 0.6) is 0 Å². The molecular weight excluding hydrogens is 304 g/mol. The van der Waals surface area contributed by atoms with E-state index in [0.717, 1.165) is 25.7 Å². The van der Waals surface area contributed by atoms with Crippen LogP contribution in [-0.4, -0.2) is 35.6 Å². The first-order chi connectivity index (χ1) is 11.0. The van der Waals surface area contributed by atoms with Crippen LogP contribution in [0.4, 0.5) is 0 Å². The molecule has 1 aliphatic carbocycles. The molecule has 0 aromatic rings. The van der Waals surface area contributed by atoms with E-state index in [0.29, 0.717) is 25.0 Å². The Balaban J connectivity index is 2.39. The van der Waals surface area contributed by atoms with E-state index in [1.807, 2.05) is 0 Å². The van der Waals surface area contributed by atoms with E-state index in [4.69, 9.17) is 9.78 Å². The summed E-state index contributed by atoms with van der Waals surface area (Å²) >= 11 is 0. The maximum Gasteiger partial charge on any atom is 0.0905 e. The fourth-order valence-electron chi connectivity index (χ4n) is 4.18. The summed E-state index contributed by atoms with van der Waals surface area (Å²) in [5.74, 6) is 1.25. The van der Waals surface area contributed by atoms with Gasteiger partial charge in [0.25, 0.3) is 0 Å². The minimum atomic E-state index is -0.355. The van der Waals surface area contributed by atoms with Crippen LogP contribution in [0.1, 0.15) is 74.1 Å². The van der Waals surface area contributed by atoms with Crippen LogP contribution in [0.2, 0.25) is 0 Å². The Morgan fingerprint density at radius 2 is 1.71 bits per heavy atom. The number of aliphatic hydroxyl groups excluding tert-OH is 2. The molecule has 1 aliphatic rings. The Morgan fingerprint density at radius 3 is 2.21 bits per heavy atom. The van der Waals surface area contributed by atoms with Gasteiger partial charge in [0.15, 0.2) is 0 Å². The molecule has 1 fully saturated rings. The molecule has 1 saturated carbocycles.